The van der Waals surface area contributed by atoms with Gasteiger partial charge in [-0.15, -0.1) is 17.4 Å². The molecule has 1 rings (SSSR count). The first-order valence-corrected chi connectivity index (χ1v) is 4.14. The van der Waals surface area contributed by atoms with E-state index >= 15 is 0 Å². The smallest absolute Gasteiger partial charge is 0.243 e. The van der Waals surface area contributed by atoms with Crippen LogP contribution in [0.4, 0.5) is 11.9 Å². The van der Waals surface area contributed by atoms with Gasteiger partial charge in [-0.25, -0.2) is 5.10 Å². The van der Waals surface area contributed by atoms with Gasteiger partial charge >= 0.3 is 0 Å². The molecule has 1 atom stereocenters. The summed E-state index contributed by atoms with van der Waals surface area (Å²) in [5, 5.41) is 9.46. The van der Waals surface area contributed by atoms with E-state index in [4.69, 9.17) is 12.2 Å². The van der Waals surface area contributed by atoms with Gasteiger partial charge in [-0.1, -0.05) is 6.92 Å². The molecular formula is C8H13N5. The molecular weight excluding hydrogens is 166 g/mol. The molecule has 0 aliphatic carbocycles. The van der Waals surface area contributed by atoms with Crippen molar-refractivity contribution in [2.45, 2.75) is 25.8 Å². The van der Waals surface area contributed by atoms with Crippen molar-refractivity contribution < 1.29 is 0 Å². The van der Waals surface area contributed by atoms with Crippen LogP contribution in [0.2, 0.25) is 0 Å². The van der Waals surface area contributed by atoms with Crippen LogP contribution >= 0.6 is 0 Å². The molecule has 5 heteroatoms. The molecule has 0 amide bonds. The predicted octanol–water partition coefficient (Wildman–Crippen LogP) is 0.601. The molecule has 0 aromatic carbocycles. The van der Waals surface area contributed by atoms with E-state index in [9.17, 15) is 0 Å². The Bertz CT molecular complexity index is 298. The van der Waals surface area contributed by atoms with E-state index < -0.39 is 0 Å². The van der Waals surface area contributed by atoms with E-state index in [0.717, 1.165) is 6.42 Å². The third kappa shape index (κ3) is 2.67. The van der Waals surface area contributed by atoms with Crippen LogP contribution < -0.4 is 11.1 Å². The molecule has 0 radical (unpaired) electrons. The van der Waals surface area contributed by atoms with E-state index in [1.165, 1.54) is 0 Å². The Morgan fingerprint density at radius 3 is 3.00 bits per heavy atom. The summed E-state index contributed by atoms with van der Waals surface area (Å²) in [5.74, 6) is 3.39. The maximum atomic E-state index is 5.36. The van der Waals surface area contributed by atoms with Gasteiger partial charge in [-0.3, -0.25) is 0 Å². The first kappa shape index (κ1) is 9.39. The normalized spacial score (nSPS) is 12.0. The standard InChI is InChI=1S/C8H13N5/c1-3-5-6(4-2)10-8-11-7(9)12-13-8/h1,6H,4-5H2,2H3,(H4,9,10,11,12,13). The van der Waals surface area contributed by atoms with Gasteiger partial charge < -0.3 is 11.1 Å². The highest BCUT2D eigenvalue weighted by Crippen LogP contribution is 2.06. The van der Waals surface area contributed by atoms with Gasteiger partial charge in [-0.2, -0.15) is 4.98 Å². The first-order chi connectivity index (χ1) is 6.26. The Morgan fingerprint density at radius 2 is 2.54 bits per heavy atom. The predicted molar refractivity (Wildman–Crippen MR) is 51.9 cm³/mol. The molecule has 0 spiro atoms. The summed E-state index contributed by atoms with van der Waals surface area (Å²) >= 11 is 0. The van der Waals surface area contributed by atoms with Crippen molar-refractivity contribution in [2.24, 2.45) is 0 Å². The zero-order chi connectivity index (χ0) is 9.68. The largest absolute Gasteiger partial charge is 0.368 e. The van der Waals surface area contributed by atoms with Crippen molar-refractivity contribution in [2.75, 3.05) is 11.1 Å². The summed E-state index contributed by atoms with van der Waals surface area (Å²) in [6.45, 7) is 2.05. The number of rotatable bonds is 4. The van der Waals surface area contributed by atoms with Crippen LogP contribution in [0.15, 0.2) is 0 Å². The van der Waals surface area contributed by atoms with Crippen LogP contribution in [0.1, 0.15) is 19.8 Å². The Balaban J connectivity index is 2.52. The number of nitrogens with two attached hydrogens (primary N) is 1. The summed E-state index contributed by atoms with van der Waals surface area (Å²) in [6.07, 6.45) is 6.79. The Hall–Kier alpha value is -1.70. The molecule has 0 bridgehead atoms. The molecule has 1 unspecified atom stereocenters. The molecule has 1 aromatic heterocycles. The van der Waals surface area contributed by atoms with E-state index in [-0.39, 0.29) is 6.04 Å². The van der Waals surface area contributed by atoms with Gasteiger partial charge in [0.25, 0.3) is 0 Å². The number of hydrogen-bond acceptors (Lipinski definition) is 4. The summed E-state index contributed by atoms with van der Waals surface area (Å²) in [5.41, 5.74) is 5.36. The van der Waals surface area contributed by atoms with Gasteiger partial charge in [0.15, 0.2) is 0 Å². The molecule has 1 aromatic rings. The van der Waals surface area contributed by atoms with Gasteiger partial charge in [0, 0.05) is 12.5 Å². The minimum absolute atomic E-state index is 0.209. The highest BCUT2D eigenvalue weighted by molar-refractivity contribution is 5.31. The number of terminal acetylenes is 1. The lowest BCUT2D eigenvalue weighted by atomic mass is 10.2. The number of hydrogen-bond donors (Lipinski definition) is 3. The van der Waals surface area contributed by atoms with Crippen LogP contribution in [-0.4, -0.2) is 21.2 Å². The minimum atomic E-state index is 0.209. The minimum Gasteiger partial charge on any atom is -0.368 e. The van der Waals surface area contributed by atoms with Crippen molar-refractivity contribution in [1.82, 2.24) is 15.2 Å². The fraction of sp³-hybridized carbons (Fsp3) is 0.500. The van der Waals surface area contributed by atoms with Crippen LogP contribution in [-0.2, 0) is 0 Å². The van der Waals surface area contributed by atoms with Crippen LogP contribution in [0.25, 0.3) is 0 Å². The zero-order valence-electron chi connectivity index (χ0n) is 7.54. The fourth-order valence-corrected chi connectivity index (χ4v) is 0.961. The molecule has 70 valence electrons. The van der Waals surface area contributed by atoms with Crippen molar-refractivity contribution >= 4 is 11.9 Å². The molecule has 13 heavy (non-hydrogen) atoms. The average Bonchev–Trinajstić information content (AvgIpc) is 2.50. The second-order valence-electron chi connectivity index (χ2n) is 2.70. The Morgan fingerprint density at radius 1 is 1.77 bits per heavy atom. The van der Waals surface area contributed by atoms with Crippen molar-refractivity contribution in [3.63, 3.8) is 0 Å². The number of nitrogen functional groups attached to an aromatic ring is 1. The number of nitrogens with one attached hydrogen (secondary N) is 2. The molecule has 0 fully saturated rings. The molecule has 0 saturated heterocycles. The molecule has 0 aliphatic rings. The van der Waals surface area contributed by atoms with Gasteiger partial charge in [0.1, 0.15) is 0 Å². The van der Waals surface area contributed by atoms with Gasteiger partial charge in [0.2, 0.25) is 11.9 Å². The summed E-state index contributed by atoms with van der Waals surface area (Å²) in [7, 11) is 0. The maximum absolute atomic E-state index is 5.36. The fourth-order valence-electron chi connectivity index (χ4n) is 0.961. The second-order valence-corrected chi connectivity index (χ2v) is 2.70. The highest BCUT2D eigenvalue weighted by Gasteiger charge is 2.06. The lowest BCUT2D eigenvalue weighted by Crippen LogP contribution is -2.18. The Kier molecular flexibility index (Phi) is 3.15. The summed E-state index contributed by atoms with van der Waals surface area (Å²) < 4.78 is 0. The zero-order valence-corrected chi connectivity index (χ0v) is 7.54. The first-order valence-electron chi connectivity index (χ1n) is 4.14. The van der Waals surface area contributed by atoms with E-state index in [1.807, 2.05) is 6.92 Å². The quantitative estimate of drug-likeness (QED) is 0.591. The number of anilines is 2. The lowest BCUT2D eigenvalue weighted by Gasteiger charge is -2.11. The third-order valence-electron chi connectivity index (χ3n) is 1.69. The average molecular weight is 179 g/mol. The SMILES string of the molecule is C#CCC(CC)Nc1n[nH]c(N)n1. The Labute approximate surface area is 77.1 Å². The van der Waals surface area contributed by atoms with E-state index in [2.05, 4.69) is 26.4 Å². The van der Waals surface area contributed by atoms with Crippen LogP contribution in [0.3, 0.4) is 0 Å². The number of aromatic amines is 1. The van der Waals surface area contributed by atoms with E-state index in [0.29, 0.717) is 18.3 Å². The van der Waals surface area contributed by atoms with Crippen LogP contribution in [0, 0.1) is 12.3 Å². The van der Waals surface area contributed by atoms with Crippen molar-refractivity contribution in [3.05, 3.63) is 0 Å². The number of nitrogens with zero attached hydrogens (tertiary/aromatic N) is 2. The third-order valence-corrected chi connectivity index (χ3v) is 1.69. The molecule has 1 heterocycles. The molecule has 0 saturated carbocycles. The number of H-pyrrole nitrogens is 1. The highest BCUT2D eigenvalue weighted by atomic mass is 15.3. The number of aromatic nitrogens is 3. The maximum Gasteiger partial charge on any atom is 0.243 e. The molecule has 0 aliphatic heterocycles. The van der Waals surface area contributed by atoms with Gasteiger partial charge in [0.05, 0.1) is 0 Å². The molecule has 4 N–H and O–H groups in total. The molecule has 5 nitrogen and oxygen atoms in total. The second kappa shape index (κ2) is 4.36. The van der Waals surface area contributed by atoms with Crippen molar-refractivity contribution in [3.8, 4) is 12.3 Å². The van der Waals surface area contributed by atoms with Crippen LogP contribution in [0.5, 0.6) is 0 Å². The van der Waals surface area contributed by atoms with Gasteiger partial charge in [-0.05, 0) is 6.42 Å². The summed E-state index contributed by atoms with van der Waals surface area (Å²) in [4.78, 5) is 3.91. The van der Waals surface area contributed by atoms with E-state index in [1.54, 1.807) is 0 Å². The lowest BCUT2D eigenvalue weighted by molar-refractivity contribution is 0.707. The summed E-state index contributed by atoms with van der Waals surface area (Å²) in [6, 6.07) is 0.209. The monoisotopic (exact) mass is 179 g/mol. The van der Waals surface area contributed by atoms with Crippen molar-refractivity contribution in [1.29, 1.82) is 0 Å². The topological polar surface area (TPSA) is 79.6 Å².